The fourth-order valence-electron chi connectivity index (χ4n) is 3.67. The summed E-state index contributed by atoms with van der Waals surface area (Å²) in [6.45, 7) is 0.796. The molecule has 23 heavy (non-hydrogen) atoms. The van der Waals surface area contributed by atoms with Crippen molar-refractivity contribution in [2.75, 3.05) is 6.54 Å². The van der Waals surface area contributed by atoms with Crippen LogP contribution in [0, 0.1) is 5.92 Å². The lowest BCUT2D eigenvalue weighted by Gasteiger charge is -2.34. The van der Waals surface area contributed by atoms with Crippen LogP contribution in [0.25, 0.3) is 16.6 Å². The highest BCUT2D eigenvalue weighted by Crippen LogP contribution is 2.44. The van der Waals surface area contributed by atoms with E-state index in [4.69, 9.17) is 10.8 Å². The first kappa shape index (κ1) is 13.3. The van der Waals surface area contributed by atoms with Crippen LogP contribution in [0.5, 0.6) is 0 Å². The Morgan fingerprint density at radius 2 is 2.00 bits per heavy atom. The van der Waals surface area contributed by atoms with Gasteiger partial charge in [0.15, 0.2) is 0 Å². The topological polar surface area (TPSA) is 61.7 Å². The molecule has 2 heterocycles. The fourth-order valence-corrected chi connectivity index (χ4v) is 3.67. The summed E-state index contributed by atoms with van der Waals surface area (Å²) >= 11 is 0. The molecule has 0 bridgehead atoms. The third-order valence-electron chi connectivity index (χ3n) is 5.33. The molecule has 3 aromatic rings. The Morgan fingerprint density at radius 1 is 1.17 bits per heavy atom. The molecule has 0 saturated heterocycles. The van der Waals surface area contributed by atoms with E-state index in [0.29, 0.717) is 17.9 Å². The van der Waals surface area contributed by atoms with Gasteiger partial charge < -0.3 is 5.73 Å². The quantitative estimate of drug-likeness (QED) is 0.806. The van der Waals surface area contributed by atoms with Gasteiger partial charge in [-0.2, -0.15) is 10.2 Å². The molecule has 0 atom stereocenters. The van der Waals surface area contributed by atoms with Crippen LogP contribution in [0.2, 0.25) is 0 Å². The van der Waals surface area contributed by atoms with E-state index in [1.165, 1.54) is 23.9 Å². The van der Waals surface area contributed by atoms with Gasteiger partial charge in [-0.15, -0.1) is 0 Å². The minimum Gasteiger partial charge on any atom is -0.330 e. The number of aromatic nitrogens is 4. The van der Waals surface area contributed by atoms with Gasteiger partial charge in [0.1, 0.15) is 5.69 Å². The van der Waals surface area contributed by atoms with Gasteiger partial charge in [-0.3, -0.25) is 4.68 Å². The molecule has 118 valence electrons. The van der Waals surface area contributed by atoms with Crippen molar-refractivity contribution in [1.29, 1.82) is 0 Å². The largest absolute Gasteiger partial charge is 0.330 e. The van der Waals surface area contributed by atoms with Gasteiger partial charge in [-0.05, 0) is 44.2 Å². The van der Waals surface area contributed by atoms with E-state index < -0.39 is 0 Å². The zero-order valence-corrected chi connectivity index (χ0v) is 13.1. The highest BCUT2D eigenvalue weighted by Gasteiger charge is 2.34. The maximum Gasteiger partial charge on any atom is 0.107 e. The summed E-state index contributed by atoms with van der Waals surface area (Å²) in [5.41, 5.74) is 9.29. The Morgan fingerprint density at radius 3 is 2.78 bits per heavy atom. The Bertz CT molecular complexity index is 851. The first-order valence-electron chi connectivity index (χ1n) is 8.55. The second-order valence-corrected chi connectivity index (χ2v) is 7.00. The number of nitrogens with two attached hydrogens (primary N) is 1. The van der Waals surface area contributed by atoms with Crippen molar-refractivity contribution in [2.45, 2.75) is 37.6 Å². The van der Waals surface area contributed by atoms with E-state index in [0.717, 1.165) is 30.6 Å². The summed E-state index contributed by atoms with van der Waals surface area (Å²) in [6, 6.07) is 8.87. The molecule has 0 amide bonds. The lowest BCUT2D eigenvalue weighted by Crippen LogP contribution is -2.32. The summed E-state index contributed by atoms with van der Waals surface area (Å²) < 4.78 is 4.23. The van der Waals surface area contributed by atoms with Crippen molar-refractivity contribution < 1.29 is 0 Å². The predicted octanol–water partition coefficient (Wildman–Crippen LogP) is 3.01. The normalized spacial score (nSPS) is 24.0. The van der Waals surface area contributed by atoms with Crippen LogP contribution in [0.3, 0.4) is 0 Å². The van der Waals surface area contributed by atoms with Gasteiger partial charge in [-0.1, -0.05) is 18.2 Å². The summed E-state index contributed by atoms with van der Waals surface area (Å²) in [5, 5.41) is 10.7. The predicted molar refractivity (Wildman–Crippen MR) is 89.6 cm³/mol. The molecule has 2 fully saturated rings. The monoisotopic (exact) mass is 307 g/mol. The Hall–Kier alpha value is -2.14. The van der Waals surface area contributed by atoms with Crippen LogP contribution in [0.15, 0.2) is 36.7 Å². The van der Waals surface area contributed by atoms with Gasteiger partial charge in [0.05, 0.1) is 29.6 Å². The van der Waals surface area contributed by atoms with Gasteiger partial charge in [0.25, 0.3) is 0 Å². The maximum atomic E-state index is 5.76. The smallest absolute Gasteiger partial charge is 0.107 e. The van der Waals surface area contributed by atoms with Crippen LogP contribution < -0.4 is 5.73 Å². The molecule has 5 rings (SSSR count). The lowest BCUT2D eigenvalue weighted by atomic mass is 9.80. The van der Waals surface area contributed by atoms with Crippen LogP contribution in [-0.2, 0) is 0 Å². The standard InChI is InChI=1S/C18H21N5/c19-9-12-7-15(8-12)22-11-17(18(21-22)13-5-6-13)23-16-4-2-1-3-14(16)10-20-23/h1-4,10-13,15H,5-9,19H2. The van der Waals surface area contributed by atoms with Crippen molar-refractivity contribution >= 4 is 10.9 Å². The van der Waals surface area contributed by atoms with Gasteiger partial charge in [-0.25, -0.2) is 4.68 Å². The Balaban J connectivity index is 1.58. The molecule has 0 aliphatic heterocycles. The molecule has 2 N–H and O–H groups in total. The van der Waals surface area contributed by atoms with E-state index in [-0.39, 0.29) is 0 Å². The number of rotatable bonds is 4. The number of hydrogen-bond acceptors (Lipinski definition) is 3. The van der Waals surface area contributed by atoms with Crippen molar-refractivity contribution in [1.82, 2.24) is 19.6 Å². The average molecular weight is 307 g/mol. The first-order chi connectivity index (χ1) is 11.3. The Kier molecular flexibility index (Phi) is 2.85. The third kappa shape index (κ3) is 2.10. The SMILES string of the molecule is NCC1CC(n2cc(-n3ncc4ccccc43)c(C3CC3)n2)C1. The molecule has 0 spiro atoms. The highest BCUT2D eigenvalue weighted by molar-refractivity contribution is 5.80. The van der Waals surface area contributed by atoms with Crippen LogP contribution in [0.4, 0.5) is 0 Å². The van der Waals surface area contributed by atoms with Crippen LogP contribution >= 0.6 is 0 Å². The molecule has 2 aliphatic rings. The number of para-hydroxylation sites is 1. The summed E-state index contributed by atoms with van der Waals surface area (Å²) in [5.74, 6) is 1.28. The molecule has 0 radical (unpaired) electrons. The summed E-state index contributed by atoms with van der Waals surface area (Å²) in [7, 11) is 0. The molecule has 2 aromatic heterocycles. The molecular weight excluding hydrogens is 286 g/mol. The number of nitrogens with zero attached hydrogens (tertiary/aromatic N) is 4. The van der Waals surface area contributed by atoms with E-state index in [9.17, 15) is 0 Å². The molecule has 5 heteroatoms. The van der Waals surface area contributed by atoms with Crippen molar-refractivity contribution in [3.63, 3.8) is 0 Å². The molecule has 1 aromatic carbocycles. The van der Waals surface area contributed by atoms with Gasteiger partial charge >= 0.3 is 0 Å². The van der Waals surface area contributed by atoms with Crippen LogP contribution in [0.1, 0.15) is 43.3 Å². The third-order valence-corrected chi connectivity index (χ3v) is 5.33. The molecule has 5 nitrogen and oxygen atoms in total. The lowest BCUT2D eigenvalue weighted by molar-refractivity contribution is 0.189. The minimum absolute atomic E-state index is 0.511. The van der Waals surface area contributed by atoms with Gasteiger partial charge in [0, 0.05) is 11.3 Å². The molecular formula is C18H21N5. The second kappa shape index (κ2) is 4.93. The maximum absolute atomic E-state index is 5.76. The fraction of sp³-hybridized carbons (Fsp3) is 0.444. The first-order valence-corrected chi connectivity index (χ1v) is 8.55. The van der Waals surface area contributed by atoms with Gasteiger partial charge in [0.2, 0.25) is 0 Å². The average Bonchev–Trinajstić information content (AvgIpc) is 3.15. The number of hydrogen-bond donors (Lipinski definition) is 1. The summed E-state index contributed by atoms with van der Waals surface area (Å²) in [4.78, 5) is 0. The molecule has 2 saturated carbocycles. The molecule has 0 unspecified atom stereocenters. The zero-order valence-electron chi connectivity index (χ0n) is 13.1. The highest BCUT2D eigenvalue weighted by atomic mass is 15.4. The molecule has 2 aliphatic carbocycles. The van der Waals surface area contributed by atoms with E-state index in [2.05, 4.69) is 44.9 Å². The van der Waals surface area contributed by atoms with Crippen LogP contribution in [-0.4, -0.2) is 26.1 Å². The number of fused-ring (bicyclic) bond motifs is 1. The number of benzene rings is 1. The summed E-state index contributed by atoms with van der Waals surface area (Å²) in [6.07, 6.45) is 8.95. The van der Waals surface area contributed by atoms with E-state index in [1.807, 2.05) is 6.20 Å². The van der Waals surface area contributed by atoms with E-state index >= 15 is 0 Å². The second-order valence-electron chi connectivity index (χ2n) is 7.00. The van der Waals surface area contributed by atoms with Crippen molar-refractivity contribution in [3.05, 3.63) is 42.4 Å². The Labute approximate surface area is 135 Å². The van der Waals surface area contributed by atoms with Crippen molar-refractivity contribution in [3.8, 4) is 5.69 Å². The minimum atomic E-state index is 0.511. The van der Waals surface area contributed by atoms with E-state index in [1.54, 1.807) is 0 Å². The van der Waals surface area contributed by atoms with Crippen molar-refractivity contribution in [2.24, 2.45) is 11.7 Å². The zero-order chi connectivity index (χ0) is 15.4.